The highest BCUT2D eigenvalue weighted by molar-refractivity contribution is 7.98. The van der Waals surface area contributed by atoms with Crippen molar-refractivity contribution in [2.75, 3.05) is 6.26 Å². The lowest BCUT2D eigenvalue weighted by molar-refractivity contribution is 0.205. The molecule has 1 nitrogen and oxygen atoms in total. The molecule has 0 atom stereocenters. The first-order valence-corrected chi connectivity index (χ1v) is 6.42. The van der Waals surface area contributed by atoms with Gasteiger partial charge in [-0.1, -0.05) is 12.1 Å². The maximum Gasteiger partial charge on any atom is 0.133 e. The van der Waals surface area contributed by atoms with Gasteiger partial charge >= 0.3 is 0 Å². The molecule has 0 aliphatic heterocycles. The van der Waals surface area contributed by atoms with Gasteiger partial charge in [0.2, 0.25) is 0 Å². The van der Waals surface area contributed by atoms with Crippen molar-refractivity contribution >= 4 is 11.8 Å². The van der Waals surface area contributed by atoms with Crippen LogP contribution in [0.2, 0.25) is 0 Å². The monoisotopic (exact) mass is 208 g/mol. The number of thioether (sulfide) groups is 1. The molecule has 0 aromatic heterocycles. The van der Waals surface area contributed by atoms with Crippen LogP contribution in [0, 0.1) is 0 Å². The molecule has 0 N–H and O–H groups in total. The van der Waals surface area contributed by atoms with Gasteiger partial charge in [0.1, 0.15) is 5.75 Å². The molecule has 0 bridgehead atoms. The Labute approximate surface area is 89.9 Å². The zero-order valence-corrected chi connectivity index (χ0v) is 9.35. The average Bonchev–Trinajstić information content (AvgIpc) is 2.71. The van der Waals surface area contributed by atoms with E-state index < -0.39 is 0 Å². The Morgan fingerprint density at radius 1 is 1.21 bits per heavy atom. The Kier molecular flexibility index (Phi) is 3.35. The molecule has 1 aromatic rings. The number of para-hydroxylation sites is 1. The van der Waals surface area contributed by atoms with Crippen molar-refractivity contribution in [1.82, 2.24) is 0 Å². The number of rotatable bonds is 3. The minimum atomic E-state index is 0.461. The molecular weight excluding hydrogens is 192 g/mol. The van der Waals surface area contributed by atoms with Gasteiger partial charge in [0.25, 0.3) is 0 Å². The Balaban J connectivity index is 2.07. The van der Waals surface area contributed by atoms with Gasteiger partial charge in [-0.15, -0.1) is 11.8 Å². The summed E-state index contributed by atoms with van der Waals surface area (Å²) < 4.78 is 5.98. The molecule has 1 fully saturated rings. The van der Waals surface area contributed by atoms with Crippen molar-refractivity contribution in [2.45, 2.75) is 36.7 Å². The van der Waals surface area contributed by atoms with Crippen molar-refractivity contribution in [3.63, 3.8) is 0 Å². The summed E-state index contributed by atoms with van der Waals surface area (Å²) in [5.41, 5.74) is 0. The highest BCUT2D eigenvalue weighted by Gasteiger charge is 2.17. The van der Waals surface area contributed by atoms with E-state index >= 15 is 0 Å². The van der Waals surface area contributed by atoms with Gasteiger partial charge in [-0.3, -0.25) is 0 Å². The van der Waals surface area contributed by atoms with Crippen LogP contribution >= 0.6 is 11.8 Å². The first kappa shape index (κ1) is 9.91. The molecule has 1 aromatic carbocycles. The Bertz CT molecular complexity index is 292. The van der Waals surface area contributed by atoms with E-state index in [1.165, 1.54) is 30.6 Å². The summed E-state index contributed by atoms with van der Waals surface area (Å²) in [7, 11) is 0. The summed E-state index contributed by atoms with van der Waals surface area (Å²) in [5, 5.41) is 0. The van der Waals surface area contributed by atoms with Gasteiger partial charge in [0, 0.05) is 4.90 Å². The lowest BCUT2D eigenvalue weighted by Crippen LogP contribution is -2.11. The molecule has 1 aliphatic carbocycles. The van der Waals surface area contributed by atoms with Gasteiger partial charge in [0.05, 0.1) is 6.10 Å². The van der Waals surface area contributed by atoms with Crippen molar-refractivity contribution in [1.29, 1.82) is 0 Å². The maximum atomic E-state index is 5.98. The second kappa shape index (κ2) is 4.74. The molecular formula is C12H16OS. The Morgan fingerprint density at radius 2 is 1.93 bits per heavy atom. The first-order chi connectivity index (χ1) is 6.90. The maximum absolute atomic E-state index is 5.98. The minimum Gasteiger partial charge on any atom is -0.489 e. The van der Waals surface area contributed by atoms with Crippen molar-refractivity contribution < 1.29 is 4.74 Å². The fourth-order valence-electron chi connectivity index (χ4n) is 1.90. The van der Waals surface area contributed by atoms with Gasteiger partial charge in [0.15, 0.2) is 0 Å². The molecule has 0 amide bonds. The van der Waals surface area contributed by atoms with E-state index in [1.54, 1.807) is 11.8 Å². The van der Waals surface area contributed by atoms with Crippen LogP contribution in [0.4, 0.5) is 0 Å². The molecule has 0 spiro atoms. The highest BCUT2D eigenvalue weighted by atomic mass is 32.2. The summed E-state index contributed by atoms with van der Waals surface area (Å²) in [6.07, 6.45) is 7.66. The van der Waals surface area contributed by atoms with Crippen LogP contribution in [0.15, 0.2) is 29.2 Å². The summed E-state index contributed by atoms with van der Waals surface area (Å²) in [6.45, 7) is 0. The van der Waals surface area contributed by atoms with Gasteiger partial charge in [-0.25, -0.2) is 0 Å². The second-order valence-electron chi connectivity index (χ2n) is 3.68. The van der Waals surface area contributed by atoms with Gasteiger partial charge in [-0.2, -0.15) is 0 Å². The fourth-order valence-corrected chi connectivity index (χ4v) is 2.43. The third-order valence-electron chi connectivity index (χ3n) is 2.66. The predicted molar refractivity (Wildman–Crippen MR) is 61.1 cm³/mol. The van der Waals surface area contributed by atoms with E-state index in [4.69, 9.17) is 4.74 Å². The first-order valence-electron chi connectivity index (χ1n) is 5.20. The number of benzene rings is 1. The molecule has 0 heterocycles. The molecule has 0 saturated heterocycles. The van der Waals surface area contributed by atoms with E-state index in [0.717, 1.165) is 5.75 Å². The SMILES string of the molecule is CSc1ccccc1OC1CCCC1. The van der Waals surface area contributed by atoms with E-state index in [2.05, 4.69) is 24.5 Å². The molecule has 0 radical (unpaired) electrons. The third-order valence-corrected chi connectivity index (χ3v) is 3.44. The van der Waals surface area contributed by atoms with Gasteiger partial charge < -0.3 is 4.74 Å². The van der Waals surface area contributed by atoms with Crippen LogP contribution < -0.4 is 4.74 Å². The normalized spacial score (nSPS) is 17.2. The van der Waals surface area contributed by atoms with Gasteiger partial charge in [-0.05, 0) is 44.1 Å². The second-order valence-corrected chi connectivity index (χ2v) is 4.52. The van der Waals surface area contributed by atoms with Crippen molar-refractivity contribution in [3.8, 4) is 5.75 Å². The highest BCUT2D eigenvalue weighted by Crippen LogP contribution is 2.31. The molecule has 0 unspecified atom stereocenters. The number of ether oxygens (including phenoxy) is 1. The summed E-state index contributed by atoms with van der Waals surface area (Å²) in [4.78, 5) is 1.25. The standard InChI is InChI=1S/C12H16OS/c1-14-12-9-5-4-8-11(12)13-10-6-2-3-7-10/h4-5,8-10H,2-3,6-7H2,1H3. The van der Waals surface area contributed by atoms with Crippen molar-refractivity contribution in [3.05, 3.63) is 24.3 Å². The van der Waals surface area contributed by atoms with Crippen LogP contribution in [0.5, 0.6) is 5.75 Å². The van der Waals surface area contributed by atoms with Crippen LogP contribution in [-0.2, 0) is 0 Å². The van der Waals surface area contributed by atoms with E-state index in [0.29, 0.717) is 6.10 Å². The molecule has 1 saturated carbocycles. The lowest BCUT2D eigenvalue weighted by atomic mass is 10.3. The zero-order valence-electron chi connectivity index (χ0n) is 8.53. The van der Waals surface area contributed by atoms with E-state index in [1.807, 2.05) is 6.07 Å². The van der Waals surface area contributed by atoms with E-state index in [-0.39, 0.29) is 0 Å². The summed E-state index contributed by atoms with van der Waals surface area (Å²) >= 11 is 1.75. The molecule has 76 valence electrons. The largest absolute Gasteiger partial charge is 0.489 e. The average molecular weight is 208 g/mol. The summed E-state index contributed by atoms with van der Waals surface area (Å²) in [5.74, 6) is 1.06. The smallest absolute Gasteiger partial charge is 0.133 e. The third kappa shape index (κ3) is 2.24. The molecule has 2 rings (SSSR count). The van der Waals surface area contributed by atoms with Crippen LogP contribution in [0.25, 0.3) is 0 Å². The summed E-state index contributed by atoms with van der Waals surface area (Å²) in [6, 6.07) is 8.30. The topological polar surface area (TPSA) is 9.23 Å². The predicted octanol–water partition coefficient (Wildman–Crippen LogP) is 3.73. The van der Waals surface area contributed by atoms with Crippen LogP contribution in [0.1, 0.15) is 25.7 Å². The lowest BCUT2D eigenvalue weighted by Gasteiger charge is -2.15. The Hall–Kier alpha value is -0.630. The van der Waals surface area contributed by atoms with E-state index in [9.17, 15) is 0 Å². The number of hydrogen-bond acceptors (Lipinski definition) is 2. The quantitative estimate of drug-likeness (QED) is 0.700. The molecule has 1 aliphatic rings. The zero-order chi connectivity index (χ0) is 9.80. The minimum absolute atomic E-state index is 0.461. The molecule has 2 heteroatoms. The van der Waals surface area contributed by atoms with Crippen molar-refractivity contribution in [2.24, 2.45) is 0 Å². The van der Waals surface area contributed by atoms with Crippen LogP contribution in [0.3, 0.4) is 0 Å². The Morgan fingerprint density at radius 3 is 2.64 bits per heavy atom. The molecule has 14 heavy (non-hydrogen) atoms. The number of hydrogen-bond donors (Lipinski definition) is 0. The fraction of sp³-hybridized carbons (Fsp3) is 0.500. The van der Waals surface area contributed by atoms with Crippen LogP contribution in [-0.4, -0.2) is 12.4 Å².